The molecule has 27 heavy (non-hydrogen) atoms. The van der Waals surface area contributed by atoms with Gasteiger partial charge in [-0.2, -0.15) is 0 Å². The van der Waals surface area contributed by atoms with E-state index in [0.29, 0.717) is 12.6 Å². The average molecular weight is 365 g/mol. The second-order valence-corrected chi connectivity index (χ2v) is 7.97. The van der Waals surface area contributed by atoms with Crippen LogP contribution in [-0.4, -0.2) is 31.0 Å². The fourth-order valence-corrected chi connectivity index (χ4v) is 3.89. The van der Waals surface area contributed by atoms with Crippen LogP contribution in [0, 0.1) is 0 Å². The van der Waals surface area contributed by atoms with Gasteiger partial charge in [-0.15, -0.1) is 0 Å². The van der Waals surface area contributed by atoms with Crippen molar-refractivity contribution in [2.75, 3.05) is 6.54 Å². The van der Waals surface area contributed by atoms with Gasteiger partial charge in [0.05, 0.1) is 28.8 Å². The molecule has 0 unspecified atom stereocenters. The first-order chi connectivity index (χ1) is 12.9. The summed E-state index contributed by atoms with van der Waals surface area (Å²) in [4.78, 5) is 27.4. The summed E-state index contributed by atoms with van der Waals surface area (Å²) in [5.74, 6) is 2.07. The maximum Gasteiger partial charge on any atom is 0.255 e. The standard InChI is InChI=1S/C21H27N5O/c1-13(2)20-23-16-9-10-25(11-15(16)21(27)24-20)12-19-22-17-7-5-6-8-18(17)26(19)14(3)4/h5-8,13-14H,9-12H2,1-4H3,(H,23,24,27). The molecule has 6 heteroatoms. The number of nitrogens with one attached hydrogen (secondary N) is 1. The Labute approximate surface area is 159 Å². The van der Waals surface area contributed by atoms with Crippen LogP contribution in [0.2, 0.25) is 0 Å². The Morgan fingerprint density at radius 1 is 1.15 bits per heavy atom. The van der Waals surface area contributed by atoms with Gasteiger partial charge in [0.15, 0.2) is 0 Å². The van der Waals surface area contributed by atoms with E-state index in [1.807, 2.05) is 6.07 Å². The minimum atomic E-state index is 0.00534. The number of aromatic amines is 1. The van der Waals surface area contributed by atoms with Gasteiger partial charge in [0.25, 0.3) is 5.56 Å². The molecule has 4 rings (SSSR count). The van der Waals surface area contributed by atoms with E-state index in [9.17, 15) is 4.79 Å². The highest BCUT2D eigenvalue weighted by atomic mass is 16.1. The van der Waals surface area contributed by atoms with Gasteiger partial charge in [0.2, 0.25) is 0 Å². The van der Waals surface area contributed by atoms with E-state index < -0.39 is 0 Å². The number of H-pyrrole nitrogens is 1. The molecule has 1 aromatic carbocycles. The maximum atomic E-state index is 12.6. The molecule has 0 spiro atoms. The Kier molecular flexibility index (Phi) is 4.60. The molecule has 3 aromatic rings. The Hall–Kier alpha value is -2.47. The fourth-order valence-electron chi connectivity index (χ4n) is 3.89. The highest BCUT2D eigenvalue weighted by Crippen LogP contribution is 2.24. The molecule has 0 radical (unpaired) electrons. The Bertz CT molecular complexity index is 1030. The first-order valence-electron chi connectivity index (χ1n) is 9.74. The van der Waals surface area contributed by atoms with Crippen LogP contribution in [-0.2, 0) is 19.5 Å². The van der Waals surface area contributed by atoms with E-state index >= 15 is 0 Å². The summed E-state index contributed by atoms with van der Waals surface area (Å²) in [6.45, 7) is 10.7. The van der Waals surface area contributed by atoms with Crippen molar-refractivity contribution in [3.05, 3.63) is 57.5 Å². The maximum absolute atomic E-state index is 12.6. The van der Waals surface area contributed by atoms with Gasteiger partial charge >= 0.3 is 0 Å². The number of aromatic nitrogens is 4. The molecule has 0 saturated heterocycles. The van der Waals surface area contributed by atoms with Crippen molar-refractivity contribution in [2.24, 2.45) is 0 Å². The van der Waals surface area contributed by atoms with Gasteiger partial charge in [-0.05, 0) is 26.0 Å². The zero-order chi connectivity index (χ0) is 19.1. The Morgan fingerprint density at radius 3 is 2.67 bits per heavy atom. The highest BCUT2D eigenvalue weighted by Gasteiger charge is 2.24. The molecule has 0 amide bonds. The number of hydrogen-bond donors (Lipinski definition) is 1. The lowest BCUT2D eigenvalue weighted by Crippen LogP contribution is -2.36. The summed E-state index contributed by atoms with van der Waals surface area (Å²) >= 11 is 0. The third-order valence-electron chi connectivity index (χ3n) is 5.26. The topological polar surface area (TPSA) is 66.8 Å². The monoisotopic (exact) mass is 365 g/mol. The van der Waals surface area contributed by atoms with Gasteiger partial charge in [-0.25, -0.2) is 9.97 Å². The van der Waals surface area contributed by atoms with E-state index in [4.69, 9.17) is 9.97 Å². The van der Waals surface area contributed by atoms with E-state index in [-0.39, 0.29) is 11.5 Å². The van der Waals surface area contributed by atoms with Crippen LogP contribution in [0.5, 0.6) is 0 Å². The molecule has 3 heterocycles. The van der Waals surface area contributed by atoms with Gasteiger partial charge in [0.1, 0.15) is 11.6 Å². The van der Waals surface area contributed by atoms with E-state index in [1.54, 1.807) is 0 Å². The molecule has 1 N–H and O–H groups in total. The van der Waals surface area contributed by atoms with Crippen molar-refractivity contribution >= 4 is 11.0 Å². The van der Waals surface area contributed by atoms with E-state index in [1.165, 1.54) is 5.52 Å². The van der Waals surface area contributed by atoms with Gasteiger partial charge < -0.3 is 9.55 Å². The molecule has 0 atom stereocenters. The molecular formula is C21H27N5O. The first kappa shape index (κ1) is 17.9. The predicted octanol–water partition coefficient (Wildman–Crippen LogP) is 3.38. The summed E-state index contributed by atoms with van der Waals surface area (Å²) in [6.07, 6.45) is 0.806. The summed E-state index contributed by atoms with van der Waals surface area (Å²) in [5.41, 5.74) is 3.96. The first-order valence-corrected chi connectivity index (χ1v) is 9.74. The molecule has 0 saturated carbocycles. The summed E-state index contributed by atoms with van der Waals surface area (Å²) in [7, 11) is 0. The molecule has 0 aliphatic carbocycles. The lowest BCUT2D eigenvalue weighted by atomic mass is 10.1. The number of benzene rings is 1. The molecule has 0 bridgehead atoms. The van der Waals surface area contributed by atoms with Crippen molar-refractivity contribution in [2.45, 2.75) is 59.2 Å². The molecule has 2 aromatic heterocycles. The zero-order valence-corrected chi connectivity index (χ0v) is 16.5. The molecule has 1 aliphatic heterocycles. The second-order valence-electron chi connectivity index (χ2n) is 7.97. The van der Waals surface area contributed by atoms with Gasteiger partial charge in [-0.3, -0.25) is 9.69 Å². The molecular weight excluding hydrogens is 338 g/mol. The minimum Gasteiger partial charge on any atom is -0.324 e. The molecule has 142 valence electrons. The SMILES string of the molecule is CC(C)c1nc2c(c(=O)[nH]1)CN(Cc1nc3ccccc3n1C(C)C)CC2. The smallest absolute Gasteiger partial charge is 0.255 e. The van der Waals surface area contributed by atoms with Crippen molar-refractivity contribution < 1.29 is 0 Å². The predicted molar refractivity (Wildman–Crippen MR) is 107 cm³/mol. The Morgan fingerprint density at radius 2 is 1.93 bits per heavy atom. The number of fused-ring (bicyclic) bond motifs is 2. The van der Waals surface area contributed by atoms with Crippen molar-refractivity contribution in [1.29, 1.82) is 0 Å². The zero-order valence-electron chi connectivity index (χ0n) is 16.5. The number of nitrogens with zero attached hydrogens (tertiary/aromatic N) is 4. The summed E-state index contributed by atoms with van der Waals surface area (Å²) in [5, 5.41) is 0. The van der Waals surface area contributed by atoms with Gasteiger partial charge in [-0.1, -0.05) is 26.0 Å². The second kappa shape index (κ2) is 6.93. The largest absolute Gasteiger partial charge is 0.324 e. The lowest BCUT2D eigenvalue weighted by molar-refractivity contribution is 0.231. The average Bonchev–Trinajstić information content (AvgIpc) is 3.00. The van der Waals surface area contributed by atoms with Crippen molar-refractivity contribution in [1.82, 2.24) is 24.4 Å². The summed E-state index contributed by atoms with van der Waals surface area (Å²) < 4.78 is 2.30. The highest BCUT2D eigenvalue weighted by molar-refractivity contribution is 5.76. The normalized spacial score (nSPS) is 15.0. The number of hydrogen-bond acceptors (Lipinski definition) is 4. The number of para-hydroxylation sites is 2. The van der Waals surface area contributed by atoms with Crippen LogP contribution in [0.15, 0.2) is 29.1 Å². The number of rotatable bonds is 4. The third kappa shape index (κ3) is 3.30. The van der Waals surface area contributed by atoms with Gasteiger partial charge in [0, 0.05) is 31.5 Å². The molecule has 1 aliphatic rings. The summed E-state index contributed by atoms with van der Waals surface area (Å²) in [6, 6.07) is 8.60. The molecule has 6 nitrogen and oxygen atoms in total. The number of imidazole rings is 1. The quantitative estimate of drug-likeness (QED) is 0.770. The fraction of sp³-hybridized carbons (Fsp3) is 0.476. The lowest BCUT2D eigenvalue weighted by Gasteiger charge is -2.28. The van der Waals surface area contributed by atoms with Crippen molar-refractivity contribution in [3.8, 4) is 0 Å². The van der Waals surface area contributed by atoms with E-state index in [2.05, 4.69) is 60.3 Å². The van der Waals surface area contributed by atoms with Crippen molar-refractivity contribution in [3.63, 3.8) is 0 Å². The van der Waals surface area contributed by atoms with Crippen LogP contribution < -0.4 is 5.56 Å². The molecule has 0 fully saturated rings. The minimum absolute atomic E-state index is 0.00534. The van der Waals surface area contributed by atoms with Crippen LogP contribution in [0.3, 0.4) is 0 Å². The van der Waals surface area contributed by atoms with Crippen LogP contribution in [0.4, 0.5) is 0 Å². The third-order valence-corrected chi connectivity index (χ3v) is 5.26. The van der Waals surface area contributed by atoms with Crippen LogP contribution >= 0.6 is 0 Å². The van der Waals surface area contributed by atoms with Crippen LogP contribution in [0.1, 0.15) is 62.6 Å². The van der Waals surface area contributed by atoms with E-state index in [0.717, 1.165) is 47.9 Å². The Balaban J connectivity index is 1.64. The van der Waals surface area contributed by atoms with Crippen LogP contribution in [0.25, 0.3) is 11.0 Å².